The number of carbonyl (C=O) groups is 3. The number of carbonyl (C=O) groups excluding carboxylic acids is 3. The molecule has 1 aromatic carbocycles. The number of allylic oxidation sites excluding steroid dienone is 1. The number of ether oxygens (including phenoxy) is 1. The molecule has 1 aliphatic carbocycles. The summed E-state index contributed by atoms with van der Waals surface area (Å²) in [5.74, 6) is -0.652. The van der Waals surface area contributed by atoms with Crippen molar-refractivity contribution in [2.75, 3.05) is 39.4 Å². The minimum atomic E-state index is -0.438. The van der Waals surface area contributed by atoms with Gasteiger partial charge in [0.25, 0.3) is 5.91 Å². The van der Waals surface area contributed by atoms with Crippen LogP contribution < -0.4 is 16.0 Å². The smallest absolute Gasteiger partial charge is 0.270 e. The van der Waals surface area contributed by atoms with Gasteiger partial charge in [0.1, 0.15) is 11.4 Å². The fourth-order valence-corrected chi connectivity index (χ4v) is 4.69. The maximum Gasteiger partial charge on any atom is 0.270 e. The van der Waals surface area contributed by atoms with Gasteiger partial charge in [0.2, 0.25) is 5.91 Å². The Morgan fingerprint density at radius 2 is 1.78 bits per heavy atom. The molecule has 0 aromatic heterocycles. The molecule has 2 heterocycles. The molecule has 1 saturated carbocycles. The minimum Gasteiger partial charge on any atom is -0.379 e. The van der Waals surface area contributed by atoms with E-state index in [9.17, 15) is 14.4 Å². The first-order valence-electron chi connectivity index (χ1n) is 11.6. The predicted molar refractivity (Wildman–Crippen MR) is 120 cm³/mol. The molecule has 0 spiro atoms. The zero-order valence-corrected chi connectivity index (χ0v) is 18.4. The molecule has 2 aliphatic heterocycles. The number of benzene rings is 1. The molecular weight excluding hydrogens is 408 g/mol. The fraction of sp³-hybridized carbons (Fsp3) is 0.542. The summed E-state index contributed by atoms with van der Waals surface area (Å²) in [5.41, 5.74) is 1.61. The molecule has 1 aromatic rings. The maximum atomic E-state index is 13.0. The van der Waals surface area contributed by atoms with E-state index < -0.39 is 5.91 Å². The zero-order chi connectivity index (χ0) is 22.3. The van der Waals surface area contributed by atoms with Crippen molar-refractivity contribution in [2.24, 2.45) is 0 Å². The number of nitrogens with one attached hydrogen (secondary N) is 3. The Hall–Kier alpha value is -2.71. The van der Waals surface area contributed by atoms with E-state index in [1.807, 2.05) is 6.07 Å². The number of ketones is 1. The van der Waals surface area contributed by atoms with Gasteiger partial charge >= 0.3 is 0 Å². The quantitative estimate of drug-likeness (QED) is 0.548. The molecule has 0 unspecified atom stereocenters. The number of hydrogen-bond donors (Lipinski definition) is 3. The van der Waals surface area contributed by atoms with Gasteiger partial charge in [-0.1, -0.05) is 30.3 Å². The molecule has 0 atom stereocenters. The topological polar surface area (TPSA) is 99.8 Å². The van der Waals surface area contributed by atoms with Crippen LogP contribution in [0.3, 0.4) is 0 Å². The maximum absolute atomic E-state index is 13.0. The molecule has 4 rings (SSSR count). The molecule has 2 fully saturated rings. The summed E-state index contributed by atoms with van der Waals surface area (Å²) in [7, 11) is 0. The first-order valence-corrected chi connectivity index (χ1v) is 11.6. The lowest BCUT2D eigenvalue weighted by molar-refractivity contribution is -0.130. The van der Waals surface area contributed by atoms with Crippen LogP contribution in [0.15, 0.2) is 41.7 Å². The summed E-state index contributed by atoms with van der Waals surface area (Å²) < 4.78 is 5.35. The van der Waals surface area contributed by atoms with Crippen LogP contribution in [0.4, 0.5) is 0 Å². The SMILES string of the molecule is O=C1CC(=O)C(NCCN2CCOCC2)=C(C(=O)N[C@H]2CC[C@@H](c3ccccc3)CC2)N1. The molecule has 3 aliphatic rings. The van der Waals surface area contributed by atoms with Gasteiger partial charge in [-0.15, -0.1) is 0 Å². The van der Waals surface area contributed by atoms with E-state index in [0.717, 1.165) is 45.3 Å². The molecule has 8 nitrogen and oxygen atoms in total. The standard InChI is InChI=1S/C24H32N4O4/c29-20-16-21(30)27-23(22(20)25-10-11-28-12-14-32-15-13-28)24(31)26-19-8-6-18(7-9-19)17-4-2-1-3-5-17/h1-5,18-19,25H,6-16H2,(H,26,31)(H,27,30)/t18-,19+. The Labute approximate surface area is 188 Å². The largest absolute Gasteiger partial charge is 0.379 e. The third-order valence-electron chi connectivity index (χ3n) is 6.51. The number of rotatable bonds is 7. The summed E-state index contributed by atoms with van der Waals surface area (Å²) >= 11 is 0. The van der Waals surface area contributed by atoms with Crippen LogP contribution in [0.5, 0.6) is 0 Å². The molecule has 1 saturated heterocycles. The second-order valence-electron chi connectivity index (χ2n) is 8.71. The highest BCUT2D eigenvalue weighted by molar-refractivity contribution is 6.16. The first kappa shape index (κ1) is 22.5. The van der Waals surface area contributed by atoms with Crippen molar-refractivity contribution in [3.63, 3.8) is 0 Å². The number of morpholine rings is 1. The van der Waals surface area contributed by atoms with Gasteiger partial charge < -0.3 is 20.7 Å². The first-order chi connectivity index (χ1) is 15.6. The molecule has 2 amide bonds. The lowest BCUT2D eigenvalue weighted by Crippen LogP contribution is -2.48. The zero-order valence-electron chi connectivity index (χ0n) is 18.4. The van der Waals surface area contributed by atoms with Crippen molar-refractivity contribution in [1.29, 1.82) is 0 Å². The Morgan fingerprint density at radius 3 is 2.50 bits per heavy atom. The van der Waals surface area contributed by atoms with Crippen LogP contribution in [-0.4, -0.2) is 67.9 Å². The molecule has 8 heteroatoms. The Morgan fingerprint density at radius 1 is 1.06 bits per heavy atom. The van der Waals surface area contributed by atoms with Crippen molar-refractivity contribution >= 4 is 17.6 Å². The minimum absolute atomic E-state index is 0.0403. The van der Waals surface area contributed by atoms with E-state index in [1.165, 1.54) is 5.56 Å². The average Bonchev–Trinajstić information content (AvgIpc) is 2.82. The van der Waals surface area contributed by atoms with Gasteiger partial charge in [-0.05, 0) is 37.2 Å². The summed E-state index contributed by atoms with van der Waals surface area (Å²) in [5, 5.41) is 8.77. The molecule has 3 N–H and O–H groups in total. The van der Waals surface area contributed by atoms with Crippen LogP contribution in [0, 0.1) is 0 Å². The third kappa shape index (κ3) is 5.75. The van der Waals surface area contributed by atoms with Crippen molar-refractivity contribution in [1.82, 2.24) is 20.9 Å². The summed E-state index contributed by atoms with van der Waals surface area (Å²) in [6.07, 6.45) is 3.52. The van der Waals surface area contributed by atoms with Crippen molar-refractivity contribution in [3.8, 4) is 0 Å². The van der Waals surface area contributed by atoms with Crippen LogP contribution >= 0.6 is 0 Å². The monoisotopic (exact) mass is 440 g/mol. The van der Waals surface area contributed by atoms with Crippen molar-refractivity contribution in [2.45, 2.75) is 44.1 Å². The summed E-state index contributed by atoms with van der Waals surface area (Å²) in [6.45, 7) is 4.38. The highest BCUT2D eigenvalue weighted by atomic mass is 16.5. The highest BCUT2D eigenvalue weighted by Gasteiger charge is 2.31. The number of nitrogens with zero attached hydrogens (tertiary/aromatic N) is 1. The lowest BCUT2D eigenvalue weighted by Gasteiger charge is -2.30. The van der Waals surface area contributed by atoms with Crippen LogP contribution in [0.1, 0.15) is 43.6 Å². The summed E-state index contributed by atoms with van der Waals surface area (Å²) in [4.78, 5) is 39.7. The van der Waals surface area contributed by atoms with Crippen LogP contribution in [-0.2, 0) is 19.1 Å². The van der Waals surface area contributed by atoms with Gasteiger partial charge in [-0.25, -0.2) is 0 Å². The number of hydrogen-bond acceptors (Lipinski definition) is 6. The van der Waals surface area contributed by atoms with Crippen molar-refractivity contribution in [3.05, 3.63) is 47.3 Å². The van der Waals surface area contributed by atoms with E-state index in [-0.39, 0.29) is 35.5 Å². The Kier molecular flexibility index (Phi) is 7.55. The van der Waals surface area contributed by atoms with E-state index in [1.54, 1.807) is 0 Å². The van der Waals surface area contributed by atoms with Gasteiger partial charge in [0.15, 0.2) is 5.78 Å². The van der Waals surface area contributed by atoms with Crippen LogP contribution in [0.25, 0.3) is 0 Å². The summed E-state index contributed by atoms with van der Waals surface area (Å²) in [6, 6.07) is 10.5. The molecular formula is C24H32N4O4. The fourth-order valence-electron chi connectivity index (χ4n) is 4.69. The van der Waals surface area contributed by atoms with E-state index in [4.69, 9.17) is 4.74 Å². The Balaban J connectivity index is 1.34. The number of amides is 2. The van der Waals surface area contributed by atoms with Gasteiger partial charge in [0, 0.05) is 32.2 Å². The van der Waals surface area contributed by atoms with E-state index in [0.29, 0.717) is 25.7 Å². The van der Waals surface area contributed by atoms with E-state index in [2.05, 4.69) is 45.1 Å². The average molecular weight is 441 g/mol. The molecule has 172 valence electrons. The second kappa shape index (κ2) is 10.7. The molecule has 0 bridgehead atoms. The van der Waals surface area contributed by atoms with E-state index >= 15 is 0 Å². The van der Waals surface area contributed by atoms with Gasteiger partial charge in [0.05, 0.1) is 19.6 Å². The van der Waals surface area contributed by atoms with Gasteiger partial charge in [-0.3, -0.25) is 19.3 Å². The van der Waals surface area contributed by atoms with Gasteiger partial charge in [-0.2, -0.15) is 0 Å². The molecule has 0 radical (unpaired) electrons. The Bertz CT molecular complexity index is 856. The molecule has 32 heavy (non-hydrogen) atoms. The van der Waals surface area contributed by atoms with Crippen LogP contribution in [0.2, 0.25) is 0 Å². The van der Waals surface area contributed by atoms with Crippen molar-refractivity contribution < 1.29 is 19.1 Å². The second-order valence-corrected chi connectivity index (χ2v) is 8.71. The normalized spacial score (nSPS) is 24.8. The third-order valence-corrected chi connectivity index (χ3v) is 6.51. The highest BCUT2D eigenvalue weighted by Crippen LogP contribution is 2.32. The number of Topliss-reactive ketones (excluding diaryl/α,β-unsaturated/α-hetero) is 1. The lowest BCUT2D eigenvalue weighted by atomic mass is 9.82. The predicted octanol–water partition coefficient (Wildman–Crippen LogP) is 1.05.